The number of esters is 1. The van der Waals surface area contributed by atoms with Crippen LogP contribution in [0.3, 0.4) is 0 Å². The molecule has 1 saturated carbocycles. The van der Waals surface area contributed by atoms with Gasteiger partial charge in [0.1, 0.15) is 0 Å². The predicted molar refractivity (Wildman–Crippen MR) is 62.0 cm³/mol. The highest BCUT2D eigenvalue weighted by Gasteiger charge is 2.26. The third-order valence-electron chi connectivity index (χ3n) is 3.09. The Bertz CT molecular complexity index is 218. The lowest BCUT2D eigenvalue weighted by atomic mass is 9.97. The monoisotopic (exact) mass is 229 g/mol. The van der Waals surface area contributed by atoms with Crippen LogP contribution in [0.25, 0.3) is 0 Å². The van der Waals surface area contributed by atoms with Crippen molar-refractivity contribution in [1.29, 1.82) is 0 Å². The number of ether oxygens (including phenoxy) is 1. The van der Waals surface area contributed by atoms with Gasteiger partial charge in [-0.15, -0.1) is 0 Å². The summed E-state index contributed by atoms with van der Waals surface area (Å²) in [6.45, 7) is 5.03. The van der Waals surface area contributed by atoms with Crippen LogP contribution in [0.4, 0.5) is 0 Å². The van der Waals surface area contributed by atoms with Crippen LogP contribution in [0, 0.1) is 11.8 Å². The summed E-state index contributed by atoms with van der Waals surface area (Å²) in [4.78, 5) is 11.2. The zero-order chi connectivity index (χ0) is 12.0. The Hall–Kier alpha value is -0.610. The second-order valence-electron chi connectivity index (χ2n) is 4.80. The van der Waals surface area contributed by atoms with Gasteiger partial charge in [0.25, 0.3) is 0 Å². The van der Waals surface area contributed by atoms with Crippen molar-refractivity contribution in [3.8, 4) is 0 Å². The normalized spacial score (nSPS) is 25.0. The van der Waals surface area contributed by atoms with Gasteiger partial charge in [0.2, 0.25) is 0 Å². The second kappa shape index (κ2) is 6.86. The lowest BCUT2D eigenvalue weighted by Gasteiger charge is -2.17. The van der Waals surface area contributed by atoms with Crippen molar-refractivity contribution >= 4 is 5.97 Å². The van der Waals surface area contributed by atoms with E-state index in [4.69, 9.17) is 9.84 Å². The maximum Gasteiger partial charge on any atom is 0.320 e. The van der Waals surface area contributed by atoms with Gasteiger partial charge < -0.3 is 15.2 Å². The molecular formula is C12H23NO3. The summed E-state index contributed by atoms with van der Waals surface area (Å²) in [7, 11) is 0. The molecule has 0 aromatic carbocycles. The van der Waals surface area contributed by atoms with Gasteiger partial charge >= 0.3 is 5.97 Å². The average Bonchev–Trinajstić information content (AvgIpc) is 2.64. The van der Waals surface area contributed by atoms with Crippen LogP contribution >= 0.6 is 0 Å². The molecule has 2 unspecified atom stereocenters. The van der Waals surface area contributed by atoms with Crippen LogP contribution in [0.1, 0.15) is 33.1 Å². The first-order valence-corrected chi connectivity index (χ1v) is 6.14. The summed E-state index contributed by atoms with van der Waals surface area (Å²) < 4.78 is 5.02. The molecule has 94 valence electrons. The molecule has 0 aromatic heterocycles. The quantitative estimate of drug-likeness (QED) is 0.665. The molecule has 4 nitrogen and oxygen atoms in total. The topological polar surface area (TPSA) is 58.6 Å². The number of hydrogen-bond acceptors (Lipinski definition) is 4. The SMILES string of the molecule is CC(C)OC(=O)CNCC1CCCC1CO. The first-order valence-electron chi connectivity index (χ1n) is 6.14. The Labute approximate surface area is 97.4 Å². The van der Waals surface area contributed by atoms with E-state index in [9.17, 15) is 4.79 Å². The molecule has 16 heavy (non-hydrogen) atoms. The smallest absolute Gasteiger partial charge is 0.320 e. The van der Waals surface area contributed by atoms with E-state index in [1.807, 2.05) is 13.8 Å². The molecule has 0 saturated heterocycles. The van der Waals surface area contributed by atoms with Crippen molar-refractivity contribution in [2.24, 2.45) is 11.8 Å². The molecule has 0 heterocycles. The predicted octanol–water partition coefficient (Wildman–Crippen LogP) is 0.936. The van der Waals surface area contributed by atoms with Gasteiger partial charge in [0.05, 0.1) is 12.6 Å². The van der Waals surface area contributed by atoms with E-state index in [1.165, 1.54) is 6.42 Å². The number of hydrogen-bond donors (Lipinski definition) is 2. The van der Waals surface area contributed by atoms with E-state index < -0.39 is 0 Å². The zero-order valence-corrected chi connectivity index (χ0v) is 10.2. The zero-order valence-electron chi connectivity index (χ0n) is 10.2. The number of nitrogens with one attached hydrogen (secondary N) is 1. The molecule has 2 atom stereocenters. The third-order valence-corrected chi connectivity index (χ3v) is 3.09. The largest absolute Gasteiger partial charge is 0.462 e. The molecule has 1 aliphatic carbocycles. The molecule has 4 heteroatoms. The molecule has 0 spiro atoms. The van der Waals surface area contributed by atoms with Gasteiger partial charge in [-0.1, -0.05) is 6.42 Å². The molecular weight excluding hydrogens is 206 g/mol. The first-order chi connectivity index (χ1) is 7.63. The fourth-order valence-corrected chi connectivity index (χ4v) is 2.29. The van der Waals surface area contributed by atoms with Crippen LogP contribution < -0.4 is 5.32 Å². The minimum atomic E-state index is -0.200. The van der Waals surface area contributed by atoms with E-state index in [1.54, 1.807) is 0 Å². The molecule has 0 bridgehead atoms. The summed E-state index contributed by atoms with van der Waals surface area (Å²) in [6.07, 6.45) is 3.40. The summed E-state index contributed by atoms with van der Waals surface area (Å²) in [5.74, 6) is 0.721. The summed E-state index contributed by atoms with van der Waals surface area (Å²) in [5, 5.41) is 12.3. The van der Waals surface area contributed by atoms with Gasteiger partial charge in [-0.2, -0.15) is 0 Å². The number of aliphatic hydroxyl groups is 1. The van der Waals surface area contributed by atoms with Crippen molar-refractivity contribution in [3.63, 3.8) is 0 Å². The molecule has 0 aliphatic heterocycles. The van der Waals surface area contributed by atoms with Crippen molar-refractivity contribution in [2.45, 2.75) is 39.2 Å². The minimum Gasteiger partial charge on any atom is -0.462 e. The number of carbonyl (C=O) groups excluding carboxylic acids is 1. The van der Waals surface area contributed by atoms with E-state index in [0.717, 1.165) is 19.4 Å². The molecule has 1 aliphatic rings. The van der Waals surface area contributed by atoms with Gasteiger partial charge in [-0.05, 0) is 45.1 Å². The number of aliphatic hydroxyl groups excluding tert-OH is 1. The fourth-order valence-electron chi connectivity index (χ4n) is 2.29. The Morgan fingerprint density at radius 2 is 2.12 bits per heavy atom. The summed E-state index contributed by atoms with van der Waals surface area (Å²) >= 11 is 0. The highest BCUT2D eigenvalue weighted by Crippen LogP contribution is 2.30. The highest BCUT2D eigenvalue weighted by atomic mass is 16.5. The van der Waals surface area contributed by atoms with Crippen LogP contribution in [0.5, 0.6) is 0 Å². The number of rotatable bonds is 6. The lowest BCUT2D eigenvalue weighted by molar-refractivity contribution is -0.146. The van der Waals surface area contributed by atoms with Crippen molar-refractivity contribution in [2.75, 3.05) is 19.7 Å². The van der Waals surface area contributed by atoms with E-state index in [2.05, 4.69) is 5.32 Å². The molecule has 1 rings (SSSR count). The summed E-state index contributed by atoms with van der Waals surface area (Å²) in [6, 6.07) is 0. The van der Waals surface area contributed by atoms with Crippen LogP contribution in [-0.2, 0) is 9.53 Å². The van der Waals surface area contributed by atoms with E-state index in [-0.39, 0.29) is 25.2 Å². The Kier molecular flexibility index (Phi) is 5.77. The number of carbonyl (C=O) groups is 1. The Morgan fingerprint density at radius 3 is 2.75 bits per heavy atom. The van der Waals surface area contributed by atoms with Crippen molar-refractivity contribution < 1.29 is 14.6 Å². The van der Waals surface area contributed by atoms with Gasteiger partial charge in [-0.3, -0.25) is 4.79 Å². The molecule has 0 aromatic rings. The summed E-state index contributed by atoms with van der Waals surface area (Å²) in [5.41, 5.74) is 0. The van der Waals surface area contributed by atoms with Gasteiger partial charge in [0.15, 0.2) is 0 Å². The standard InChI is InChI=1S/C12H23NO3/c1-9(2)16-12(15)7-13-6-10-4-3-5-11(10)8-14/h9-11,13-14H,3-8H2,1-2H3. The molecule has 1 fully saturated rings. The molecule has 0 amide bonds. The maximum absolute atomic E-state index is 11.2. The molecule has 0 radical (unpaired) electrons. The third kappa shape index (κ3) is 4.49. The van der Waals surface area contributed by atoms with Gasteiger partial charge in [0, 0.05) is 6.61 Å². The van der Waals surface area contributed by atoms with Crippen molar-refractivity contribution in [1.82, 2.24) is 5.32 Å². The average molecular weight is 229 g/mol. The Balaban J connectivity index is 2.12. The highest BCUT2D eigenvalue weighted by molar-refractivity contribution is 5.71. The van der Waals surface area contributed by atoms with Gasteiger partial charge in [-0.25, -0.2) is 0 Å². The van der Waals surface area contributed by atoms with E-state index >= 15 is 0 Å². The maximum atomic E-state index is 11.2. The fraction of sp³-hybridized carbons (Fsp3) is 0.917. The second-order valence-corrected chi connectivity index (χ2v) is 4.80. The van der Waals surface area contributed by atoms with Crippen LogP contribution in [0.2, 0.25) is 0 Å². The minimum absolute atomic E-state index is 0.0500. The van der Waals surface area contributed by atoms with Crippen LogP contribution in [0.15, 0.2) is 0 Å². The van der Waals surface area contributed by atoms with Crippen LogP contribution in [-0.4, -0.2) is 36.9 Å². The van der Waals surface area contributed by atoms with E-state index in [0.29, 0.717) is 11.8 Å². The Morgan fingerprint density at radius 1 is 1.44 bits per heavy atom. The lowest BCUT2D eigenvalue weighted by Crippen LogP contribution is -2.32. The molecule has 2 N–H and O–H groups in total. The first kappa shape index (κ1) is 13.5. The van der Waals surface area contributed by atoms with Crippen molar-refractivity contribution in [3.05, 3.63) is 0 Å².